The van der Waals surface area contributed by atoms with E-state index in [1.807, 2.05) is 18.2 Å². The van der Waals surface area contributed by atoms with Crippen LogP contribution in [-0.2, 0) is 16.3 Å². The fourth-order valence-electron chi connectivity index (χ4n) is 3.24. The van der Waals surface area contributed by atoms with Gasteiger partial charge in [0.25, 0.3) is 0 Å². The lowest BCUT2D eigenvalue weighted by molar-refractivity contribution is 0.153. The number of hydrogen-bond acceptors (Lipinski definition) is 4. The van der Waals surface area contributed by atoms with Crippen LogP contribution in [0.3, 0.4) is 0 Å². The standard InChI is InChI=1S/C14H19NO3S/c15-9-14(5-6-19(16,17)10-14)8-12-7-11-3-1-2-4-13(11)18-12/h1-4,12H,5-10,15H2. The van der Waals surface area contributed by atoms with Crippen molar-refractivity contribution in [2.75, 3.05) is 18.1 Å². The number of rotatable bonds is 3. The molecular formula is C14H19NO3S. The molecule has 2 aliphatic heterocycles. The summed E-state index contributed by atoms with van der Waals surface area (Å²) in [6, 6.07) is 7.99. The van der Waals surface area contributed by atoms with E-state index in [0.717, 1.165) is 18.6 Å². The Bertz CT molecular complexity index is 559. The Morgan fingerprint density at radius 1 is 1.37 bits per heavy atom. The van der Waals surface area contributed by atoms with E-state index in [0.29, 0.717) is 13.0 Å². The van der Waals surface area contributed by atoms with E-state index in [-0.39, 0.29) is 23.0 Å². The molecule has 3 rings (SSSR count). The van der Waals surface area contributed by atoms with Gasteiger partial charge in [0.05, 0.1) is 11.5 Å². The lowest BCUT2D eigenvalue weighted by atomic mass is 9.81. The summed E-state index contributed by atoms with van der Waals surface area (Å²) in [4.78, 5) is 0. The third-order valence-electron chi connectivity index (χ3n) is 4.28. The third kappa shape index (κ3) is 2.49. The minimum absolute atomic E-state index is 0.0641. The Morgan fingerprint density at radius 2 is 2.16 bits per heavy atom. The second-order valence-corrected chi connectivity index (χ2v) is 7.99. The first kappa shape index (κ1) is 12.9. The van der Waals surface area contributed by atoms with E-state index >= 15 is 0 Å². The summed E-state index contributed by atoms with van der Waals surface area (Å²) in [5.74, 6) is 1.41. The van der Waals surface area contributed by atoms with Crippen LogP contribution in [0.2, 0.25) is 0 Å². The van der Waals surface area contributed by atoms with Gasteiger partial charge in [0.2, 0.25) is 0 Å². The van der Waals surface area contributed by atoms with Crippen LogP contribution >= 0.6 is 0 Å². The van der Waals surface area contributed by atoms with Crippen LogP contribution in [0.1, 0.15) is 18.4 Å². The van der Waals surface area contributed by atoms with Gasteiger partial charge in [-0.05, 0) is 31.0 Å². The molecule has 2 aliphatic rings. The lowest BCUT2D eigenvalue weighted by Gasteiger charge is -2.28. The number of fused-ring (bicyclic) bond motifs is 1. The number of sulfone groups is 1. The second-order valence-electron chi connectivity index (χ2n) is 5.80. The predicted octanol–water partition coefficient (Wildman–Crippen LogP) is 1.14. The molecule has 2 unspecified atom stereocenters. The van der Waals surface area contributed by atoms with E-state index in [4.69, 9.17) is 10.5 Å². The molecule has 0 amide bonds. The number of ether oxygens (including phenoxy) is 1. The van der Waals surface area contributed by atoms with E-state index in [1.165, 1.54) is 5.56 Å². The maximum Gasteiger partial charge on any atom is 0.150 e. The Morgan fingerprint density at radius 3 is 2.79 bits per heavy atom. The Kier molecular flexibility index (Phi) is 3.06. The molecule has 2 atom stereocenters. The molecule has 1 aromatic carbocycles. The zero-order valence-corrected chi connectivity index (χ0v) is 11.7. The van der Waals surface area contributed by atoms with Crippen molar-refractivity contribution in [1.29, 1.82) is 0 Å². The zero-order chi connectivity index (χ0) is 13.5. The van der Waals surface area contributed by atoms with Crippen molar-refractivity contribution in [1.82, 2.24) is 0 Å². The summed E-state index contributed by atoms with van der Waals surface area (Å²) in [6.45, 7) is 0.419. The number of nitrogens with two attached hydrogens (primary N) is 1. The Labute approximate surface area is 113 Å². The van der Waals surface area contributed by atoms with Gasteiger partial charge in [-0.25, -0.2) is 8.42 Å². The second kappa shape index (κ2) is 4.49. The third-order valence-corrected chi connectivity index (χ3v) is 6.16. The molecule has 0 aliphatic carbocycles. The predicted molar refractivity (Wildman–Crippen MR) is 73.9 cm³/mol. The van der Waals surface area contributed by atoms with Crippen molar-refractivity contribution >= 4 is 9.84 Å². The first-order valence-corrected chi connectivity index (χ1v) is 8.49. The van der Waals surface area contributed by atoms with Crippen molar-refractivity contribution < 1.29 is 13.2 Å². The fourth-order valence-corrected chi connectivity index (χ4v) is 5.44. The molecule has 1 fully saturated rings. The van der Waals surface area contributed by atoms with E-state index in [9.17, 15) is 8.42 Å². The van der Waals surface area contributed by atoms with Gasteiger partial charge in [-0.15, -0.1) is 0 Å². The monoisotopic (exact) mass is 281 g/mol. The SMILES string of the molecule is NCC1(CC2Cc3ccccc3O2)CCS(=O)(=O)C1. The smallest absolute Gasteiger partial charge is 0.150 e. The van der Waals surface area contributed by atoms with Crippen molar-refractivity contribution in [2.24, 2.45) is 11.1 Å². The van der Waals surface area contributed by atoms with Crippen LogP contribution in [-0.4, -0.2) is 32.6 Å². The molecule has 2 heterocycles. The summed E-state index contributed by atoms with van der Waals surface area (Å²) in [5, 5.41) is 0. The van der Waals surface area contributed by atoms with E-state index in [1.54, 1.807) is 0 Å². The Hall–Kier alpha value is -1.07. The fraction of sp³-hybridized carbons (Fsp3) is 0.571. The van der Waals surface area contributed by atoms with Crippen LogP contribution in [0.15, 0.2) is 24.3 Å². The summed E-state index contributed by atoms with van der Waals surface area (Å²) < 4.78 is 29.3. The number of para-hydroxylation sites is 1. The van der Waals surface area contributed by atoms with Crippen LogP contribution in [0, 0.1) is 5.41 Å². The first-order chi connectivity index (χ1) is 9.02. The molecule has 0 spiro atoms. The molecule has 2 N–H and O–H groups in total. The highest BCUT2D eigenvalue weighted by molar-refractivity contribution is 7.91. The highest BCUT2D eigenvalue weighted by Gasteiger charge is 2.43. The molecule has 104 valence electrons. The van der Waals surface area contributed by atoms with Crippen LogP contribution in [0.4, 0.5) is 0 Å². The largest absolute Gasteiger partial charge is 0.490 e. The molecule has 0 radical (unpaired) electrons. The van der Waals surface area contributed by atoms with Crippen molar-refractivity contribution in [2.45, 2.75) is 25.4 Å². The van der Waals surface area contributed by atoms with Crippen LogP contribution in [0.5, 0.6) is 5.75 Å². The van der Waals surface area contributed by atoms with Crippen LogP contribution in [0.25, 0.3) is 0 Å². The van der Waals surface area contributed by atoms with Crippen molar-refractivity contribution in [3.8, 4) is 5.75 Å². The molecule has 1 aromatic rings. The van der Waals surface area contributed by atoms with Gasteiger partial charge < -0.3 is 10.5 Å². The molecule has 0 bridgehead atoms. The number of benzene rings is 1. The van der Waals surface area contributed by atoms with E-state index in [2.05, 4.69) is 6.07 Å². The molecule has 1 saturated heterocycles. The summed E-state index contributed by atoms with van der Waals surface area (Å²) in [5.41, 5.74) is 6.78. The van der Waals surface area contributed by atoms with Crippen molar-refractivity contribution in [3.05, 3.63) is 29.8 Å². The van der Waals surface area contributed by atoms with Gasteiger partial charge in [0.1, 0.15) is 11.9 Å². The van der Waals surface area contributed by atoms with Gasteiger partial charge in [-0.2, -0.15) is 0 Å². The van der Waals surface area contributed by atoms with Gasteiger partial charge in [-0.3, -0.25) is 0 Å². The summed E-state index contributed by atoms with van der Waals surface area (Å²) in [7, 11) is -2.91. The molecule has 4 nitrogen and oxygen atoms in total. The van der Waals surface area contributed by atoms with Gasteiger partial charge >= 0.3 is 0 Å². The normalized spacial score (nSPS) is 31.9. The molecular weight excluding hydrogens is 262 g/mol. The highest BCUT2D eigenvalue weighted by Crippen LogP contribution is 2.40. The molecule has 19 heavy (non-hydrogen) atoms. The minimum Gasteiger partial charge on any atom is -0.490 e. The quantitative estimate of drug-likeness (QED) is 0.902. The van der Waals surface area contributed by atoms with Gasteiger partial charge in [-0.1, -0.05) is 18.2 Å². The van der Waals surface area contributed by atoms with Gasteiger partial charge in [0.15, 0.2) is 9.84 Å². The van der Waals surface area contributed by atoms with Crippen LogP contribution < -0.4 is 10.5 Å². The minimum atomic E-state index is -2.91. The summed E-state index contributed by atoms with van der Waals surface area (Å²) >= 11 is 0. The molecule has 0 aromatic heterocycles. The maximum absolute atomic E-state index is 11.7. The Balaban J connectivity index is 1.73. The lowest BCUT2D eigenvalue weighted by Crippen LogP contribution is -2.36. The molecule has 5 heteroatoms. The average molecular weight is 281 g/mol. The summed E-state index contributed by atoms with van der Waals surface area (Å²) in [6.07, 6.45) is 2.33. The molecule has 0 saturated carbocycles. The highest BCUT2D eigenvalue weighted by atomic mass is 32.2. The van der Waals surface area contributed by atoms with Crippen molar-refractivity contribution in [3.63, 3.8) is 0 Å². The topological polar surface area (TPSA) is 69.4 Å². The number of hydrogen-bond donors (Lipinski definition) is 1. The zero-order valence-electron chi connectivity index (χ0n) is 10.8. The average Bonchev–Trinajstić information content (AvgIpc) is 2.90. The first-order valence-electron chi connectivity index (χ1n) is 6.67. The van der Waals surface area contributed by atoms with Gasteiger partial charge in [0, 0.05) is 11.8 Å². The van der Waals surface area contributed by atoms with E-state index < -0.39 is 9.84 Å². The maximum atomic E-state index is 11.7.